The molecular formula is C10H9FN4OS. The number of carbonyl (C=O) groups is 1. The number of aromatic nitrogens is 2. The fourth-order valence-corrected chi connectivity index (χ4v) is 1.84. The maximum atomic E-state index is 12.8. The van der Waals surface area contributed by atoms with Gasteiger partial charge < -0.3 is 11.1 Å². The lowest BCUT2D eigenvalue weighted by Gasteiger charge is -2.01. The van der Waals surface area contributed by atoms with Crippen molar-refractivity contribution in [2.24, 2.45) is 5.73 Å². The SMILES string of the molecule is NCc1nc(C(=O)Nc2cncc(F)c2)cs1. The molecule has 3 N–H and O–H groups in total. The molecule has 0 aromatic carbocycles. The molecule has 88 valence electrons. The maximum Gasteiger partial charge on any atom is 0.275 e. The number of nitrogens with one attached hydrogen (secondary N) is 1. The molecule has 0 saturated heterocycles. The number of rotatable bonds is 3. The van der Waals surface area contributed by atoms with Crippen molar-refractivity contribution in [2.75, 3.05) is 5.32 Å². The molecule has 0 atom stereocenters. The van der Waals surface area contributed by atoms with Crippen molar-refractivity contribution >= 4 is 22.9 Å². The van der Waals surface area contributed by atoms with Gasteiger partial charge in [-0.25, -0.2) is 9.37 Å². The monoisotopic (exact) mass is 252 g/mol. The second-order valence-electron chi connectivity index (χ2n) is 3.18. The average Bonchev–Trinajstić information content (AvgIpc) is 2.77. The van der Waals surface area contributed by atoms with Crippen molar-refractivity contribution in [3.63, 3.8) is 0 Å². The minimum absolute atomic E-state index is 0.264. The summed E-state index contributed by atoms with van der Waals surface area (Å²) in [5.41, 5.74) is 5.95. The van der Waals surface area contributed by atoms with E-state index >= 15 is 0 Å². The molecule has 2 aromatic heterocycles. The van der Waals surface area contributed by atoms with E-state index in [2.05, 4.69) is 15.3 Å². The zero-order valence-corrected chi connectivity index (χ0v) is 9.50. The molecule has 0 aliphatic rings. The van der Waals surface area contributed by atoms with E-state index in [-0.39, 0.29) is 11.4 Å². The topological polar surface area (TPSA) is 80.9 Å². The number of thiazole rings is 1. The molecule has 0 spiro atoms. The Morgan fingerprint density at radius 3 is 3.00 bits per heavy atom. The van der Waals surface area contributed by atoms with E-state index in [9.17, 15) is 9.18 Å². The van der Waals surface area contributed by atoms with Crippen LogP contribution in [0.25, 0.3) is 0 Å². The molecule has 0 radical (unpaired) electrons. The minimum Gasteiger partial charge on any atom is -0.325 e. The fourth-order valence-electron chi connectivity index (χ4n) is 1.18. The third kappa shape index (κ3) is 2.83. The van der Waals surface area contributed by atoms with Crippen molar-refractivity contribution in [1.82, 2.24) is 9.97 Å². The van der Waals surface area contributed by atoms with Crippen LogP contribution < -0.4 is 11.1 Å². The molecule has 0 saturated carbocycles. The molecule has 2 heterocycles. The first-order chi connectivity index (χ1) is 8.19. The summed E-state index contributed by atoms with van der Waals surface area (Å²) in [6, 6.07) is 1.18. The first-order valence-corrected chi connectivity index (χ1v) is 5.63. The van der Waals surface area contributed by atoms with Crippen LogP contribution in [0.15, 0.2) is 23.8 Å². The van der Waals surface area contributed by atoms with Crippen molar-refractivity contribution < 1.29 is 9.18 Å². The zero-order chi connectivity index (χ0) is 12.3. The normalized spacial score (nSPS) is 10.2. The van der Waals surface area contributed by atoms with Crippen LogP contribution in [-0.4, -0.2) is 15.9 Å². The molecule has 5 nitrogen and oxygen atoms in total. The Hall–Kier alpha value is -1.86. The maximum absolute atomic E-state index is 12.8. The minimum atomic E-state index is -0.510. The van der Waals surface area contributed by atoms with E-state index in [0.717, 1.165) is 6.20 Å². The lowest BCUT2D eigenvalue weighted by atomic mass is 10.4. The van der Waals surface area contributed by atoms with E-state index in [0.29, 0.717) is 11.6 Å². The third-order valence-corrected chi connectivity index (χ3v) is 2.79. The van der Waals surface area contributed by atoms with Crippen molar-refractivity contribution in [3.8, 4) is 0 Å². The number of halogens is 1. The second kappa shape index (κ2) is 4.98. The van der Waals surface area contributed by atoms with Crippen molar-refractivity contribution in [1.29, 1.82) is 0 Å². The molecule has 1 amide bonds. The Morgan fingerprint density at radius 2 is 2.35 bits per heavy atom. The summed E-state index contributed by atoms with van der Waals surface area (Å²) in [4.78, 5) is 19.3. The molecule has 17 heavy (non-hydrogen) atoms. The molecule has 2 aromatic rings. The summed E-state index contributed by atoms with van der Waals surface area (Å²) in [7, 11) is 0. The number of carbonyl (C=O) groups excluding carboxylic acids is 1. The standard InChI is InChI=1S/C10H9FN4OS/c11-6-1-7(4-13-3-6)14-10(16)8-5-17-9(2-12)15-8/h1,3-5H,2,12H2,(H,14,16). The number of nitrogens with two attached hydrogens (primary N) is 1. The van der Waals surface area contributed by atoms with Gasteiger partial charge in [-0.15, -0.1) is 11.3 Å². The number of nitrogens with zero attached hydrogens (tertiary/aromatic N) is 2. The molecule has 0 unspecified atom stereocenters. The van der Waals surface area contributed by atoms with E-state index in [1.165, 1.54) is 23.6 Å². The zero-order valence-electron chi connectivity index (χ0n) is 8.68. The molecular weight excluding hydrogens is 243 g/mol. The van der Waals surface area contributed by atoms with Gasteiger partial charge in [-0.05, 0) is 0 Å². The van der Waals surface area contributed by atoms with Crippen LogP contribution in [0.4, 0.5) is 10.1 Å². The summed E-state index contributed by atoms with van der Waals surface area (Å²) in [6.07, 6.45) is 2.42. The van der Waals surface area contributed by atoms with Crippen LogP contribution in [-0.2, 0) is 6.54 Å². The Kier molecular flexibility index (Phi) is 3.40. The van der Waals surface area contributed by atoms with Crippen molar-refractivity contribution in [3.05, 3.63) is 40.4 Å². The van der Waals surface area contributed by atoms with Gasteiger partial charge in [0.05, 0.1) is 18.1 Å². The predicted octanol–water partition coefficient (Wildman–Crippen LogP) is 1.39. The van der Waals surface area contributed by atoms with Gasteiger partial charge in [-0.1, -0.05) is 0 Å². The summed E-state index contributed by atoms with van der Waals surface area (Å²) < 4.78 is 12.8. The number of amides is 1. The first-order valence-electron chi connectivity index (χ1n) is 4.75. The summed E-state index contributed by atoms with van der Waals surface area (Å²) >= 11 is 1.30. The lowest BCUT2D eigenvalue weighted by molar-refractivity contribution is 0.102. The highest BCUT2D eigenvalue weighted by atomic mass is 32.1. The largest absolute Gasteiger partial charge is 0.325 e. The van der Waals surface area contributed by atoms with Gasteiger partial charge in [-0.2, -0.15) is 0 Å². The number of anilines is 1. The molecule has 2 rings (SSSR count). The van der Waals surface area contributed by atoms with Gasteiger partial charge in [0.2, 0.25) is 0 Å². The van der Waals surface area contributed by atoms with Gasteiger partial charge in [0.1, 0.15) is 16.5 Å². The first kappa shape index (κ1) is 11.6. The number of pyridine rings is 1. The Labute approximate surface area is 101 Å². The Bertz CT molecular complexity index is 543. The molecule has 0 bridgehead atoms. The van der Waals surface area contributed by atoms with Gasteiger partial charge in [-0.3, -0.25) is 9.78 Å². The van der Waals surface area contributed by atoms with Crippen LogP contribution in [0.3, 0.4) is 0 Å². The molecule has 0 aliphatic heterocycles. The van der Waals surface area contributed by atoms with Gasteiger partial charge in [0.25, 0.3) is 5.91 Å². The molecule has 0 fully saturated rings. The highest BCUT2D eigenvalue weighted by molar-refractivity contribution is 7.09. The highest BCUT2D eigenvalue weighted by Crippen LogP contribution is 2.12. The summed E-state index contributed by atoms with van der Waals surface area (Å²) in [5.74, 6) is -0.919. The van der Waals surface area contributed by atoms with Crippen LogP contribution in [0.5, 0.6) is 0 Å². The quantitative estimate of drug-likeness (QED) is 0.865. The smallest absolute Gasteiger partial charge is 0.275 e. The van der Waals surface area contributed by atoms with E-state index < -0.39 is 11.7 Å². The van der Waals surface area contributed by atoms with E-state index in [1.807, 2.05) is 0 Å². The van der Waals surface area contributed by atoms with Crippen LogP contribution >= 0.6 is 11.3 Å². The summed E-state index contributed by atoms with van der Waals surface area (Å²) in [6.45, 7) is 0.291. The van der Waals surface area contributed by atoms with Gasteiger partial charge in [0, 0.05) is 18.0 Å². The fraction of sp³-hybridized carbons (Fsp3) is 0.100. The Balaban J connectivity index is 2.11. The Morgan fingerprint density at radius 1 is 1.53 bits per heavy atom. The predicted molar refractivity (Wildman–Crippen MR) is 62.2 cm³/mol. The molecule has 7 heteroatoms. The second-order valence-corrected chi connectivity index (χ2v) is 4.12. The highest BCUT2D eigenvalue weighted by Gasteiger charge is 2.10. The van der Waals surface area contributed by atoms with E-state index in [4.69, 9.17) is 5.73 Å². The number of hydrogen-bond acceptors (Lipinski definition) is 5. The number of hydrogen-bond donors (Lipinski definition) is 2. The van der Waals surface area contributed by atoms with Gasteiger partial charge >= 0.3 is 0 Å². The molecule has 0 aliphatic carbocycles. The van der Waals surface area contributed by atoms with Crippen LogP contribution in [0.1, 0.15) is 15.5 Å². The van der Waals surface area contributed by atoms with E-state index in [1.54, 1.807) is 5.38 Å². The van der Waals surface area contributed by atoms with Crippen LogP contribution in [0, 0.1) is 5.82 Å². The average molecular weight is 252 g/mol. The lowest BCUT2D eigenvalue weighted by Crippen LogP contribution is -2.13. The van der Waals surface area contributed by atoms with Crippen LogP contribution in [0.2, 0.25) is 0 Å². The summed E-state index contributed by atoms with van der Waals surface area (Å²) in [5, 5.41) is 4.77. The van der Waals surface area contributed by atoms with Gasteiger partial charge in [0.15, 0.2) is 0 Å². The third-order valence-electron chi connectivity index (χ3n) is 1.92. The van der Waals surface area contributed by atoms with Crippen molar-refractivity contribution in [2.45, 2.75) is 6.54 Å².